The molecule has 0 aliphatic carbocycles. The molecule has 0 unspecified atom stereocenters. The van der Waals surface area contributed by atoms with Crippen LogP contribution >= 0.6 is 0 Å². The minimum Gasteiger partial charge on any atom is -0.494 e. The van der Waals surface area contributed by atoms with E-state index in [4.69, 9.17) is 0 Å². The number of rotatable bonds is 6. The van der Waals surface area contributed by atoms with E-state index < -0.39 is 16.8 Å². The minimum atomic E-state index is -0.629. The van der Waals surface area contributed by atoms with Crippen molar-refractivity contribution in [2.45, 2.75) is 32.9 Å². The number of aryl methyl sites for hydroxylation is 1. The maximum Gasteiger partial charge on any atom is 0.332 e. The van der Waals surface area contributed by atoms with Crippen molar-refractivity contribution in [3.8, 4) is 5.88 Å². The molecule has 1 N–H and O–H groups in total. The zero-order valence-corrected chi connectivity index (χ0v) is 19.4. The molecule has 0 saturated heterocycles. The van der Waals surface area contributed by atoms with Gasteiger partial charge in [0.05, 0.1) is 18.7 Å². The summed E-state index contributed by atoms with van der Waals surface area (Å²) in [5, 5.41) is 11.1. The predicted octanol–water partition coefficient (Wildman–Crippen LogP) is 1.66. The molecule has 5 rings (SSSR count). The molecule has 10 heteroatoms. The van der Waals surface area contributed by atoms with Crippen LogP contribution < -0.4 is 16.8 Å². The van der Waals surface area contributed by atoms with Crippen molar-refractivity contribution in [3.05, 3.63) is 103 Å². The van der Waals surface area contributed by atoms with E-state index in [1.807, 2.05) is 37.3 Å². The minimum absolute atomic E-state index is 0.000622. The summed E-state index contributed by atoms with van der Waals surface area (Å²) in [5.74, 6) is -0.0957. The van der Waals surface area contributed by atoms with E-state index in [1.54, 1.807) is 24.5 Å². The van der Waals surface area contributed by atoms with Crippen molar-refractivity contribution in [2.24, 2.45) is 7.05 Å². The number of hydrogen-bond acceptors (Lipinski definition) is 6. The number of nitrogens with zero attached hydrogens (tertiary/aromatic N) is 6. The first-order chi connectivity index (χ1) is 16.9. The standard InChI is InChI=1S/C25H24N6O4/c1-3-8-18-21(32)29(14-16-9-5-4-6-10-16)24-27-20-19(31(24)22(18)33)23(34)30(25(35)28(20)2)15-17-11-7-12-26-13-17/h4-7,9-13,32H,3,8,14-15H2,1-2H3. The molecule has 1 aromatic carbocycles. The molecule has 0 amide bonds. The fourth-order valence-electron chi connectivity index (χ4n) is 4.36. The van der Waals surface area contributed by atoms with Crippen LogP contribution in [-0.2, 0) is 26.6 Å². The Hall–Kier alpha value is -4.47. The molecule has 4 heterocycles. The Kier molecular flexibility index (Phi) is 5.56. The zero-order valence-electron chi connectivity index (χ0n) is 19.4. The first-order valence-corrected chi connectivity index (χ1v) is 11.3. The topological polar surface area (TPSA) is 116 Å². The normalized spacial score (nSPS) is 11.5. The van der Waals surface area contributed by atoms with Gasteiger partial charge in [-0.15, -0.1) is 0 Å². The maximum atomic E-state index is 13.6. The van der Waals surface area contributed by atoms with Gasteiger partial charge in [-0.25, -0.2) is 9.20 Å². The Morgan fingerprint density at radius 1 is 0.914 bits per heavy atom. The third-order valence-electron chi connectivity index (χ3n) is 6.10. The second-order valence-electron chi connectivity index (χ2n) is 8.44. The van der Waals surface area contributed by atoms with Crippen LogP contribution in [0.3, 0.4) is 0 Å². The molecule has 0 radical (unpaired) electrons. The molecule has 0 fully saturated rings. The van der Waals surface area contributed by atoms with Gasteiger partial charge in [0.2, 0.25) is 11.7 Å². The van der Waals surface area contributed by atoms with E-state index >= 15 is 0 Å². The van der Waals surface area contributed by atoms with Gasteiger partial charge in [0, 0.05) is 19.4 Å². The Bertz CT molecular complexity index is 1730. The summed E-state index contributed by atoms with van der Waals surface area (Å²) in [7, 11) is 1.51. The molecule has 4 aromatic heterocycles. The molecule has 0 bridgehead atoms. The average molecular weight is 473 g/mol. The van der Waals surface area contributed by atoms with Crippen LogP contribution in [0.4, 0.5) is 0 Å². The SMILES string of the molecule is CCCc1c(O)n(Cc2ccccc2)c2nc3c(c(=O)n(Cc4cccnc4)c(=O)n3C)n2c1=O. The van der Waals surface area contributed by atoms with Gasteiger partial charge >= 0.3 is 5.69 Å². The summed E-state index contributed by atoms with van der Waals surface area (Å²) in [6, 6.07) is 12.9. The van der Waals surface area contributed by atoms with E-state index in [1.165, 1.54) is 20.6 Å². The monoisotopic (exact) mass is 472 g/mol. The van der Waals surface area contributed by atoms with Gasteiger partial charge in [0.15, 0.2) is 11.2 Å². The smallest absolute Gasteiger partial charge is 0.332 e. The van der Waals surface area contributed by atoms with Gasteiger partial charge in [0.25, 0.3) is 11.1 Å². The molecular weight excluding hydrogens is 448 g/mol. The van der Waals surface area contributed by atoms with Crippen molar-refractivity contribution in [2.75, 3.05) is 0 Å². The second kappa shape index (κ2) is 8.71. The van der Waals surface area contributed by atoms with Crippen LogP contribution in [0.25, 0.3) is 16.9 Å². The van der Waals surface area contributed by atoms with Gasteiger partial charge in [-0.2, -0.15) is 4.98 Å². The highest BCUT2D eigenvalue weighted by molar-refractivity contribution is 5.75. The summed E-state index contributed by atoms with van der Waals surface area (Å²) in [5.41, 5.74) is 0.115. The van der Waals surface area contributed by atoms with E-state index in [0.29, 0.717) is 18.4 Å². The molecule has 5 aromatic rings. The van der Waals surface area contributed by atoms with Crippen LogP contribution in [0.5, 0.6) is 5.88 Å². The van der Waals surface area contributed by atoms with Crippen molar-refractivity contribution < 1.29 is 5.11 Å². The highest BCUT2D eigenvalue weighted by Crippen LogP contribution is 2.22. The van der Waals surface area contributed by atoms with Gasteiger partial charge in [0.1, 0.15) is 0 Å². The summed E-state index contributed by atoms with van der Waals surface area (Å²) >= 11 is 0. The fourth-order valence-corrected chi connectivity index (χ4v) is 4.36. The van der Waals surface area contributed by atoms with Crippen molar-refractivity contribution in [3.63, 3.8) is 0 Å². The summed E-state index contributed by atoms with van der Waals surface area (Å²) < 4.78 is 5.06. The van der Waals surface area contributed by atoms with Gasteiger partial charge < -0.3 is 5.11 Å². The lowest BCUT2D eigenvalue weighted by Gasteiger charge is -2.14. The summed E-state index contributed by atoms with van der Waals surface area (Å²) in [4.78, 5) is 48.8. The maximum absolute atomic E-state index is 13.6. The largest absolute Gasteiger partial charge is 0.494 e. The molecule has 0 atom stereocenters. The molecule has 0 aliphatic rings. The number of imidazole rings is 1. The molecule has 10 nitrogen and oxygen atoms in total. The van der Waals surface area contributed by atoms with Crippen LogP contribution in [-0.4, -0.2) is 33.2 Å². The summed E-state index contributed by atoms with van der Waals surface area (Å²) in [6.07, 6.45) is 4.13. The Morgan fingerprint density at radius 2 is 1.63 bits per heavy atom. The fraction of sp³-hybridized carbons (Fsp3) is 0.240. The highest BCUT2D eigenvalue weighted by atomic mass is 16.3. The summed E-state index contributed by atoms with van der Waals surface area (Å²) in [6.45, 7) is 2.14. The molecule has 0 spiro atoms. The van der Waals surface area contributed by atoms with E-state index in [2.05, 4.69) is 9.97 Å². The average Bonchev–Trinajstić information content (AvgIpc) is 3.28. The number of fused-ring (bicyclic) bond motifs is 3. The highest BCUT2D eigenvalue weighted by Gasteiger charge is 2.24. The number of benzene rings is 1. The lowest BCUT2D eigenvalue weighted by molar-refractivity contribution is 0.411. The Labute approximate surface area is 199 Å². The Morgan fingerprint density at radius 3 is 2.31 bits per heavy atom. The Balaban J connectivity index is 1.87. The lowest BCUT2D eigenvalue weighted by Crippen LogP contribution is -2.40. The van der Waals surface area contributed by atoms with Gasteiger partial charge in [-0.1, -0.05) is 49.7 Å². The third-order valence-corrected chi connectivity index (χ3v) is 6.10. The van der Waals surface area contributed by atoms with Gasteiger partial charge in [-0.3, -0.25) is 28.3 Å². The van der Waals surface area contributed by atoms with Crippen LogP contribution in [0.2, 0.25) is 0 Å². The van der Waals surface area contributed by atoms with E-state index in [0.717, 1.165) is 10.1 Å². The molecule has 178 valence electrons. The molecule has 0 saturated carbocycles. The molecular formula is C25H24N6O4. The quantitative estimate of drug-likeness (QED) is 0.402. The van der Waals surface area contributed by atoms with E-state index in [9.17, 15) is 19.5 Å². The van der Waals surface area contributed by atoms with Crippen LogP contribution in [0.15, 0.2) is 69.2 Å². The second-order valence-corrected chi connectivity index (χ2v) is 8.44. The molecule has 0 aliphatic heterocycles. The number of aromatic nitrogens is 6. The van der Waals surface area contributed by atoms with Crippen molar-refractivity contribution in [1.82, 2.24) is 28.1 Å². The zero-order chi connectivity index (χ0) is 24.7. The van der Waals surface area contributed by atoms with Gasteiger partial charge in [-0.05, 0) is 23.6 Å². The lowest BCUT2D eigenvalue weighted by atomic mass is 10.1. The number of aromatic hydroxyl groups is 1. The number of pyridine rings is 1. The van der Waals surface area contributed by atoms with Crippen LogP contribution in [0.1, 0.15) is 30.0 Å². The number of hydrogen-bond donors (Lipinski definition) is 1. The first kappa shape index (κ1) is 22.3. The molecule has 35 heavy (non-hydrogen) atoms. The van der Waals surface area contributed by atoms with Crippen molar-refractivity contribution in [1.29, 1.82) is 0 Å². The van der Waals surface area contributed by atoms with Crippen molar-refractivity contribution >= 4 is 16.9 Å². The van der Waals surface area contributed by atoms with E-state index in [-0.39, 0.29) is 41.5 Å². The predicted molar refractivity (Wildman–Crippen MR) is 131 cm³/mol. The first-order valence-electron chi connectivity index (χ1n) is 11.3. The van der Waals surface area contributed by atoms with Crippen LogP contribution in [0, 0.1) is 0 Å². The third kappa shape index (κ3) is 3.63.